The normalized spacial score (nSPS) is 14.6. The summed E-state index contributed by atoms with van der Waals surface area (Å²) in [6.07, 6.45) is 106. The number of ether oxygens (including phenoxy) is 2. The lowest BCUT2D eigenvalue weighted by Gasteiger charge is -2.24. The second-order valence-corrected chi connectivity index (χ2v) is 23.8. The van der Waals surface area contributed by atoms with Gasteiger partial charge in [-0.15, -0.1) is 0 Å². The molecule has 0 fully saturated rings. The third kappa shape index (κ3) is 69.4. The number of rotatable bonds is 58. The molecule has 490 valence electrons. The minimum atomic E-state index is -4.43. The highest BCUT2D eigenvalue weighted by Crippen LogP contribution is 2.43. The van der Waals surface area contributed by atoms with Crippen LogP contribution in [0.1, 0.15) is 206 Å². The first-order valence-electron chi connectivity index (χ1n) is 33.5. The van der Waals surface area contributed by atoms with Crippen LogP contribution < -0.4 is 0 Å². The summed E-state index contributed by atoms with van der Waals surface area (Å²) in [5, 5.41) is 0. The molecule has 9 nitrogen and oxygen atoms in total. The van der Waals surface area contributed by atoms with E-state index >= 15 is 0 Å². The quantitative estimate of drug-likeness (QED) is 0.0211. The molecule has 0 amide bonds. The molecule has 0 aliphatic heterocycles. The van der Waals surface area contributed by atoms with Gasteiger partial charge in [-0.1, -0.05) is 265 Å². The Hall–Kier alpha value is -5.67. The van der Waals surface area contributed by atoms with Gasteiger partial charge in [-0.2, -0.15) is 0 Å². The van der Waals surface area contributed by atoms with Crippen LogP contribution in [0.4, 0.5) is 0 Å². The lowest BCUT2D eigenvalue weighted by Crippen LogP contribution is -2.37. The van der Waals surface area contributed by atoms with Crippen LogP contribution in [0.15, 0.2) is 219 Å². The monoisotopic (exact) mass is 1230 g/mol. The highest BCUT2D eigenvalue weighted by molar-refractivity contribution is 7.47. The predicted octanol–water partition coefficient (Wildman–Crippen LogP) is 22.0. The number of phosphoric acid groups is 1. The molecule has 0 rings (SSSR count). The van der Waals surface area contributed by atoms with Gasteiger partial charge in [-0.05, 0) is 148 Å². The van der Waals surface area contributed by atoms with Crippen molar-refractivity contribution in [2.45, 2.75) is 213 Å². The van der Waals surface area contributed by atoms with Gasteiger partial charge >= 0.3 is 19.8 Å². The van der Waals surface area contributed by atoms with Crippen molar-refractivity contribution in [3.63, 3.8) is 0 Å². The molecule has 0 spiro atoms. The Bertz CT molecular complexity index is 2280. The van der Waals surface area contributed by atoms with E-state index in [4.69, 9.17) is 18.5 Å². The average molecular weight is 1230 g/mol. The lowest BCUT2D eigenvalue weighted by atomic mass is 10.1. The highest BCUT2D eigenvalue weighted by Gasteiger charge is 2.27. The van der Waals surface area contributed by atoms with E-state index in [-0.39, 0.29) is 26.1 Å². The maximum atomic E-state index is 12.9. The first-order valence-corrected chi connectivity index (χ1v) is 35.0. The van der Waals surface area contributed by atoms with E-state index < -0.39 is 32.5 Å². The summed E-state index contributed by atoms with van der Waals surface area (Å²) >= 11 is 0. The van der Waals surface area contributed by atoms with Gasteiger partial charge in [0.15, 0.2) is 6.10 Å². The van der Waals surface area contributed by atoms with Gasteiger partial charge in [0.25, 0.3) is 0 Å². The zero-order chi connectivity index (χ0) is 64.1. The molecular formula is C78H121NO8P+. The predicted molar refractivity (Wildman–Crippen MR) is 380 cm³/mol. The highest BCUT2D eigenvalue weighted by atomic mass is 31.2. The van der Waals surface area contributed by atoms with Gasteiger partial charge in [-0.25, -0.2) is 4.57 Å². The second kappa shape index (κ2) is 65.8. The van der Waals surface area contributed by atoms with Crippen LogP contribution in [0.25, 0.3) is 0 Å². The Balaban J connectivity index is 4.30. The summed E-state index contributed by atoms with van der Waals surface area (Å²) in [4.78, 5) is 35.8. The zero-order valence-electron chi connectivity index (χ0n) is 55.6. The number of allylic oxidation sites excluding steroid dienone is 36. The number of phosphoric ester groups is 1. The lowest BCUT2D eigenvalue weighted by molar-refractivity contribution is -0.870. The molecule has 0 aliphatic rings. The van der Waals surface area contributed by atoms with Crippen LogP contribution in [-0.2, 0) is 32.7 Å². The van der Waals surface area contributed by atoms with Crippen LogP contribution in [0, 0.1) is 0 Å². The molecular weight excluding hydrogens is 1110 g/mol. The molecule has 88 heavy (non-hydrogen) atoms. The van der Waals surface area contributed by atoms with E-state index in [0.29, 0.717) is 23.9 Å². The number of carbonyl (C=O) groups excluding carboxylic acids is 2. The fourth-order valence-corrected chi connectivity index (χ4v) is 8.69. The summed E-state index contributed by atoms with van der Waals surface area (Å²) in [5.41, 5.74) is 0. The Kier molecular flexibility index (Phi) is 61.5. The number of esters is 2. The second-order valence-electron chi connectivity index (χ2n) is 22.4. The third-order valence-electron chi connectivity index (χ3n) is 13.0. The van der Waals surface area contributed by atoms with E-state index in [0.717, 1.165) is 154 Å². The summed E-state index contributed by atoms with van der Waals surface area (Å²) in [6.45, 7) is 4.09. The van der Waals surface area contributed by atoms with E-state index in [9.17, 15) is 19.0 Å². The molecule has 10 heteroatoms. The van der Waals surface area contributed by atoms with Crippen LogP contribution in [0.2, 0.25) is 0 Å². The molecule has 0 aromatic carbocycles. The smallest absolute Gasteiger partial charge is 0.462 e. The van der Waals surface area contributed by atoms with Crippen LogP contribution in [-0.4, -0.2) is 74.9 Å². The molecule has 0 aromatic heterocycles. The zero-order valence-corrected chi connectivity index (χ0v) is 56.5. The SMILES string of the molecule is CC/C=C\C/C=C\C/C=C\C/C=C\C/C=C\C/C=C\C/C=C\C/C=C\C/C=C\CCCCCCCCCC(=O)OC(COC(=O)CCC/C=C\C/C=C\C/C=C\C/C=C\C/C=C\C/C=C\C/C=C\C/C=C\C/C=C\CC)COP(=O)(O)OCC[N+](C)(C)C. The fraction of sp³-hybridized carbons (Fsp3) is 0.513. The summed E-state index contributed by atoms with van der Waals surface area (Å²) < 4.78 is 34.6. The van der Waals surface area contributed by atoms with Gasteiger partial charge in [0, 0.05) is 12.8 Å². The van der Waals surface area contributed by atoms with E-state index in [1.165, 1.54) is 12.8 Å². The number of likely N-dealkylation sites (N-methyl/N-ethyl adjacent to an activating group) is 1. The van der Waals surface area contributed by atoms with Crippen molar-refractivity contribution in [2.75, 3.05) is 47.5 Å². The molecule has 0 heterocycles. The van der Waals surface area contributed by atoms with Crippen molar-refractivity contribution < 1.29 is 42.1 Å². The number of carbonyl (C=O) groups is 2. The largest absolute Gasteiger partial charge is 0.472 e. The minimum Gasteiger partial charge on any atom is -0.462 e. The van der Waals surface area contributed by atoms with E-state index in [1.807, 2.05) is 21.1 Å². The number of hydrogen-bond acceptors (Lipinski definition) is 7. The van der Waals surface area contributed by atoms with Crippen molar-refractivity contribution in [3.05, 3.63) is 219 Å². The van der Waals surface area contributed by atoms with Crippen molar-refractivity contribution in [2.24, 2.45) is 0 Å². The van der Waals surface area contributed by atoms with Gasteiger partial charge in [0.2, 0.25) is 0 Å². The summed E-state index contributed by atoms with van der Waals surface area (Å²) in [5.74, 6) is -0.901. The Morgan fingerprint density at radius 3 is 0.943 bits per heavy atom. The first-order chi connectivity index (χ1) is 43.0. The molecule has 2 atom stereocenters. The number of hydrogen-bond donors (Lipinski definition) is 1. The number of nitrogens with zero attached hydrogens (tertiary/aromatic N) is 1. The molecule has 2 unspecified atom stereocenters. The van der Waals surface area contributed by atoms with Crippen LogP contribution in [0.3, 0.4) is 0 Å². The van der Waals surface area contributed by atoms with Gasteiger partial charge in [-0.3, -0.25) is 18.6 Å². The Morgan fingerprint density at radius 2 is 0.625 bits per heavy atom. The molecule has 0 radical (unpaired) electrons. The number of unbranched alkanes of at least 4 members (excludes halogenated alkanes) is 8. The van der Waals surface area contributed by atoms with Crippen molar-refractivity contribution in [3.8, 4) is 0 Å². The molecule has 0 aromatic rings. The molecule has 0 saturated heterocycles. The van der Waals surface area contributed by atoms with Crippen molar-refractivity contribution in [1.82, 2.24) is 0 Å². The Morgan fingerprint density at radius 1 is 0.352 bits per heavy atom. The van der Waals surface area contributed by atoms with E-state index in [2.05, 4.69) is 233 Å². The fourth-order valence-electron chi connectivity index (χ4n) is 7.95. The topological polar surface area (TPSA) is 108 Å². The minimum absolute atomic E-state index is 0.00671. The molecule has 1 N–H and O–H groups in total. The van der Waals surface area contributed by atoms with Gasteiger partial charge < -0.3 is 18.9 Å². The van der Waals surface area contributed by atoms with E-state index in [1.54, 1.807) is 0 Å². The molecule has 0 bridgehead atoms. The first kappa shape index (κ1) is 82.3. The molecule has 0 aliphatic carbocycles. The van der Waals surface area contributed by atoms with Crippen molar-refractivity contribution >= 4 is 19.8 Å². The average Bonchev–Trinajstić information content (AvgIpc) is 3.57. The van der Waals surface area contributed by atoms with Gasteiger partial charge in [0.1, 0.15) is 19.8 Å². The third-order valence-corrected chi connectivity index (χ3v) is 14.0. The van der Waals surface area contributed by atoms with Crippen LogP contribution in [0.5, 0.6) is 0 Å². The van der Waals surface area contributed by atoms with Crippen molar-refractivity contribution in [1.29, 1.82) is 0 Å². The van der Waals surface area contributed by atoms with Crippen LogP contribution >= 0.6 is 7.82 Å². The summed E-state index contributed by atoms with van der Waals surface area (Å²) in [6, 6.07) is 0. The standard InChI is InChI=1S/C78H120NO8P/c1-6-8-10-12-14-16-18-20-22-24-26-28-30-32-34-36-37-38-39-40-41-43-45-47-49-51-53-55-57-59-61-63-65-67-69-71-78(81)87-76(75-86-88(82,83)85-73-72-79(3,4)5)74-84-77(80)70-68-66-64-62-60-58-56-54-52-50-48-46-44-42-35-33-31-29-27-25-23-21-19-17-15-13-11-9-7-2/h8-11,14-17,20-23,26-29,32-35,37-38,40-41,44-47,50-53,56,58,62,64,76H,6-7,12-13,18-19,24-25,30-31,36,39,42-43,48-49,54-55,57,59-61,63,65-75H2,1-5H3/p+1/b10-8-,11-9-,16-14-,17-15-,22-20-,23-21-,28-26-,29-27-,34-32-,35-33-,38-37-,41-40-,46-44-,47-45-,52-50-,53-51-,58-56-,64-62-. The maximum absolute atomic E-state index is 12.9. The Labute approximate surface area is 538 Å². The number of quaternary nitrogens is 1. The summed E-state index contributed by atoms with van der Waals surface area (Å²) in [7, 11) is 1.40. The maximum Gasteiger partial charge on any atom is 0.472 e. The molecule has 0 saturated carbocycles. The van der Waals surface area contributed by atoms with Gasteiger partial charge in [0.05, 0.1) is 27.7 Å².